The summed E-state index contributed by atoms with van der Waals surface area (Å²) in [4.78, 5) is 42.5. The highest BCUT2D eigenvalue weighted by molar-refractivity contribution is 9.10. The average Bonchev–Trinajstić information content (AvgIpc) is 2.59. The van der Waals surface area contributed by atoms with Crippen LogP contribution in [0.25, 0.3) is 0 Å². The number of piperazine rings is 1. The third-order valence-electron chi connectivity index (χ3n) is 3.43. The van der Waals surface area contributed by atoms with E-state index in [1.807, 2.05) is 0 Å². The summed E-state index contributed by atoms with van der Waals surface area (Å²) in [6, 6.07) is 1.57. The van der Waals surface area contributed by atoms with Crippen LogP contribution in [0.5, 0.6) is 0 Å². The Kier molecular flexibility index (Phi) is 6.53. The molecule has 0 radical (unpaired) electrons. The summed E-state index contributed by atoms with van der Waals surface area (Å²) in [6.45, 7) is 3.28. The van der Waals surface area contributed by atoms with Gasteiger partial charge in [0.2, 0.25) is 0 Å². The highest BCUT2D eigenvalue weighted by Crippen LogP contribution is 2.11. The first-order valence-electron chi connectivity index (χ1n) is 7.48. The van der Waals surface area contributed by atoms with Crippen molar-refractivity contribution in [3.05, 3.63) is 28.5 Å². The number of amides is 2. The lowest BCUT2D eigenvalue weighted by Crippen LogP contribution is -2.51. The fraction of sp³-hybridized carbons (Fsp3) is 0.467. The first-order chi connectivity index (χ1) is 11.5. The molecule has 1 fully saturated rings. The van der Waals surface area contributed by atoms with Gasteiger partial charge in [-0.25, -0.2) is 9.59 Å². The molecule has 2 heterocycles. The molecule has 24 heavy (non-hydrogen) atoms. The van der Waals surface area contributed by atoms with Crippen LogP contribution in [0.2, 0.25) is 0 Å². The second-order valence-electron chi connectivity index (χ2n) is 5.03. The van der Waals surface area contributed by atoms with E-state index in [0.29, 0.717) is 37.3 Å². The lowest BCUT2D eigenvalue weighted by Gasteiger charge is -2.33. The Morgan fingerprint density at radius 1 is 1.12 bits per heavy atom. The van der Waals surface area contributed by atoms with Gasteiger partial charge in [0.05, 0.1) is 12.2 Å². The number of pyridine rings is 1. The second kappa shape index (κ2) is 8.62. The molecule has 0 saturated carbocycles. The molecule has 0 aromatic carbocycles. The highest BCUT2D eigenvalue weighted by atomic mass is 79.9. The topological polar surface area (TPSA) is 89.0 Å². The Labute approximate surface area is 147 Å². The molecule has 9 heteroatoms. The monoisotopic (exact) mass is 399 g/mol. The van der Waals surface area contributed by atoms with Gasteiger partial charge in [-0.05, 0) is 28.9 Å². The van der Waals surface area contributed by atoms with Crippen molar-refractivity contribution >= 4 is 33.9 Å². The van der Waals surface area contributed by atoms with Crippen molar-refractivity contribution in [1.82, 2.24) is 14.8 Å². The Morgan fingerprint density at radius 2 is 1.79 bits per heavy atom. The SMILES string of the molecule is CCOC(=O)N1CCN(C(=O)COC(=O)c2cncc(Br)c2)CC1. The first-order valence-corrected chi connectivity index (χ1v) is 8.27. The molecule has 0 bridgehead atoms. The molecule has 2 rings (SSSR count). The molecule has 0 atom stereocenters. The number of rotatable bonds is 4. The number of ether oxygens (including phenoxy) is 2. The maximum atomic E-state index is 12.1. The van der Waals surface area contributed by atoms with Crippen LogP contribution in [0.4, 0.5) is 4.79 Å². The van der Waals surface area contributed by atoms with E-state index in [0.717, 1.165) is 0 Å². The number of hydrogen-bond acceptors (Lipinski definition) is 6. The number of esters is 1. The number of carbonyl (C=O) groups is 3. The van der Waals surface area contributed by atoms with Crippen LogP contribution in [-0.4, -0.2) is 72.1 Å². The van der Waals surface area contributed by atoms with Gasteiger partial charge in [-0.2, -0.15) is 0 Å². The van der Waals surface area contributed by atoms with Gasteiger partial charge in [-0.15, -0.1) is 0 Å². The van der Waals surface area contributed by atoms with Crippen molar-refractivity contribution in [1.29, 1.82) is 0 Å². The molecule has 1 aromatic rings. The van der Waals surface area contributed by atoms with Crippen molar-refractivity contribution < 1.29 is 23.9 Å². The zero-order valence-corrected chi connectivity index (χ0v) is 14.8. The number of nitrogens with zero attached hydrogens (tertiary/aromatic N) is 3. The molecular formula is C15H18BrN3O5. The predicted octanol–water partition coefficient (Wildman–Crippen LogP) is 1.30. The van der Waals surface area contributed by atoms with E-state index in [2.05, 4.69) is 20.9 Å². The molecule has 2 amide bonds. The molecule has 1 aliphatic heterocycles. The molecule has 130 valence electrons. The zero-order chi connectivity index (χ0) is 17.5. The molecule has 1 aromatic heterocycles. The average molecular weight is 400 g/mol. The largest absolute Gasteiger partial charge is 0.452 e. The van der Waals surface area contributed by atoms with E-state index < -0.39 is 5.97 Å². The van der Waals surface area contributed by atoms with Gasteiger partial charge >= 0.3 is 12.1 Å². The fourth-order valence-electron chi connectivity index (χ4n) is 2.18. The molecule has 0 N–H and O–H groups in total. The van der Waals surface area contributed by atoms with Crippen molar-refractivity contribution in [2.75, 3.05) is 39.4 Å². The summed E-state index contributed by atoms with van der Waals surface area (Å²) >= 11 is 3.21. The van der Waals surface area contributed by atoms with Crippen LogP contribution < -0.4 is 0 Å². The van der Waals surface area contributed by atoms with Gasteiger partial charge in [0.25, 0.3) is 5.91 Å². The van der Waals surface area contributed by atoms with Gasteiger partial charge in [0.1, 0.15) is 0 Å². The minimum Gasteiger partial charge on any atom is -0.452 e. The molecular weight excluding hydrogens is 382 g/mol. The third kappa shape index (κ3) is 4.92. The van der Waals surface area contributed by atoms with Crippen LogP contribution in [0.15, 0.2) is 22.9 Å². The molecule has 0 unspecified atom stereocenters. The molecule has 8 nitrogen and oxygen atoms in total. The summed E-state index contributed by atoms with van der Waals surface area (Å²) in [5.74, 6) is -0.905. The Hall–Kier alpha value is -2.16. The van der Waals surface area contributed by atoms with Crippen LogP contribution in [-0.2, 0) is 14.3 Å². The van der Waals surface area contributed by atoms with E-state index in [4.69, 9.17) is 9.47 Å². The number of aromatic nitrogens is 1. The quantitative estimate of drug-likeness (QED) is 0.708. The minimum atomic E-state index is -0.609. The zero-order valence-electron chi connectivity index (χ0n) is 13.2. The van der Waals surface area contributed by atoms with Crippen LogP contribution in [0.3, 0.4) is 0 Å². The van der Waals surface area contributed by atoms with E-state index >= 15 is 0 Å². The lowest BCUT2D eigenvalue weighted by atomic mass is 10.3. The standard InChI is InChI=1S/C15H18BrN3O5/c1-2-23-15(22)19-5-3-18(4-6-19)13(20)10-24-14(21)11-7-12(16)9-17-8-11/h7-9H,2-6,10H2,1H3. The van der Waals surface area contributed by atoms with Gasteiger partial charge in [-0.1, -0.05) is 0 Å². The second-order valence-corrected chi connectivity index (χ2v) is 5.95. The summed E-state index contributed by atoms with van der Waals surface area (Å²) in [7, 11) is 0. The first kappa shape index (κ1) is 18.2. The van der Waals surface area contributed by atoms with Gasteiger partial charge < -0.3 is 19.3 Å². The summed E-state index contributed by atoms with van der Waals surface area (Å²) in [5, 5.41) is 0. The molecule has 0 spiro atoms. The van der Waals surface area contributed by atoms with Crippen molar-refractivity contribution in [2.45, 2.75) is 6.92 Å². The van der Waals surface area contributed by atoms with Crippen molar-refractivity contribution in [2.24, 2.45) is 0 Å². The Balaban J connectivity index is 1.77. The molecule has 1 aliphatic rings. The smallest absolute Gasteiger partial charge is 0.409 e. The Bertz CT molecular complexity index is 617. The van der Waals surface area contributed by atoms with Crippen LogP contribution >= 0.6 is 15.9 Å². The predicted molar refractivity (Wildman–Crippen MR) is 87.4 cm³/mol. The van der Waals surface area contributed by atoms with E-state index in [1.165, 1.54) is 6.20 Å². The maximum Gasteiger partial charge on any atom is 0.409 e. The van der Waals surface area contributed by atoms with Crippen molar-refractivity contribution in [3.63, 3.8) is 0 Å². The molecule has 0 aliphatic carbocycles. The fourth-order valence-corrected chi connectivity index (χ4v) is 2.54. The number of hydrogen-bond donors (Lipinski definition) is 0. The van der Waals surface area contributed by atoms with Gasteiger partial charge in [0, 0.05) is 43.0 Å². The van der Waals surface area contributed by atoms with Crippen LogP contribution in [0.1, 0.15) is 17.3 Å². The van der Waals surface area contributed by atoms with E-state index in [-0.39, 0.29) is 24.2 Å². The molecule has 1 saturated heterocycles. The van der Waals surface area contributed by atoms with E-state index in [1.54, 1.807) is 29.0 Å². The summed E-state index contributed by atoms with van der Waals surface area (Å²) in [5.41, 5.74) is 0.268. The van der Waals surface area contributed by atoms with Crippen LogP contribution in [0, 0.1) is 0 Å². The van der Waals surface area contributed by atoms with Crippen molar-refractivity contribution in [3.8, 4) is 0 Å². The summed E-state index contributed by atoms with van der Waals surface area (Å²) in [6.07, 6.45) is 2.54. The minimum absolute atomic E-state index is 0.268. The van der Waals surface area contributed by atoms with Gasteiger partial charge in [0.15, 0.2) is 6.61 Å². The third-order valence-corrected chi connectivity index (χ3v) is 3.86. The number of halogens is 1. The normalized spacial score (nSPS) is 14.2. The van der Waals surface area contributed by atoms with Gasteiger partial charge in [-0.3, -0.25) is 9.78 Å². The summed E-state index contributed by atoms with van der Waals surface area (Å²) < 4.78 is 10.6. The Morgan fingerprint density at radius 3 is 2.42 bits per heavy atom. The van der Waals surface area contributed by atoms with E-state index in [9.17, 15) is 14.4 Å². The number of carbonyl (C=O) groups excluding carboxylic acids is 3. The maximum absolute atomic E-state index is 12.1. The lowest BCUT2D eigenvalue weighted by molar-refractivity contribution is -0.136. The highest BCUT2D eigenvalue weighted by Gasteiger charge is 2.25.